The lowest BCUT2D eigenvalue weighted by Gasteiger charge is -2.32. The van der Waals surface area contributed by atoms with Crippen molar-refractivity contribution in [2.45, 2.75) is 82.8 Å². The second-order valence-corrected chi connectivity index (χ2v) is 9.94. The predicted molar refractivity (Wildman–Crippen MR) is 136 cm³/mol. The van der Waals surface area contributed by atoms with Crippen molar-refractivity contribution in [2.75, 3.05) is 24.8 Å². The molecule has 184 valence electrons. The number of anilines is 1. The van der Waals surface area contributed by atoms with Crippen LogP contribution in [0.1, 0.15) is 83.2 Å². The second-order valence-electron chi connectivity index (χ2n) is 8.88. The number of hydrogen-bond acceptors (Lipinski definition) is 7. The highest BCUT2D eigenvalue weighted by atomic mass is 32.2. The number of fused-ring (bicyclic) bond motifs is 1. The Bertz CT molecular complexity index is 1030. The summed E-state index contributed by atoms with van der Waals surface area (Å²) in [6, 6.07) is 5.65. The molecule has 8 heteroatoms. The van der Waals surface area contributed by atoms with Crippen LogP contribution in [-0.2, 0) is 4.79 Å². The zero-order valence-corrected chi connectivity index (χ0v) is 21.4. The van der Waals surface area contributed by atoms with Crippen molar-refractivity contribution in [3.8, 4) is 11.5 Å². The monoisotopic (exact) mass is 484 g/mol. The van der Waals surface area contributed by atoms with E-state index >= 15 is 0 Å². The van der Waals surface area contributed by atoms with E-state index in [1.165, 1.54) is 19.3 Å². The number of ketones is 1. The van der Waals surface area contributed by atoms with Crippen molar-refractivity contribution in [2.24, 2.45) is 0 Å². The second kappa shape index (κ2) is 11.8. The molecule has 1 atom stereocenters. The van der Waals surface area contributed by atoms with Crippen LogP contribution >= 0.6 is 11.8 Å². The molecule has 1 aliphatic carbocycles. The number of carbonyl (C=O) groups excluding carboxylic acids is 1. The molecule has 0 radical (unpaired) electrons. The van der Waals surface area contributed by atoms with Gasteiger partial charge in [-0.15, -0.1) is 5.10 Å². The van der Waals surface area contributed by atoms with Gasteiger partial charge in [0.15, 0.2) is 17.3 Å². The van der Waals surface area contributed by atoms with E-state index in [9.17, 15) is 4.79 Å². The number of benzene rings is 1. The minimum Gasteiger partial charge on any atom is -0.493 e. The highest BCUT2D eigenvalue weighted by Gasteiger charge is 2.37. The molecule has 1 aliphatic heterocycles. The smallest absolute Gasteiger partial charge is 0.227 e. The summed E-state index contributed by atoms with van der Waals surface area (Å²) < 4.78 is 13.6. The number of rotatable bonds is 12. The van der Waals surface area contributed by atoms with Gasteiger partial charge in [-0.3, -0.25) is 4.79 Å². The van der Waals surface area contributed by atoms with Crippen molar-refractivity contribution in [3.63, 3.8) is 0 Å². The first-order valence-corrected chi connectivity index (χ1v) is 13.6. The highest BCUT2D eigenvalue weighted by Crippen LogP contribution is 2.42. The lowest BCUT2D eigenvalue weighted by atomic mass is 9.85. The van der Waals surface area contributed by atoms with Gasteiger partial charge in [-0.2, -0.15) is 4.98 Å². The molecule has 7 nitrogen and oxygen atoms in total. The number of unbranched alkanes of at least 4 members (excludes halogenated alkanes) is 4. The van der Waals surface area contributed by atoms with Crippen molar-refractivity contribution in [1.29, 1.82) is 0 Å². The zero-order valence-electron chi connectivity index (χ0n) is 20.6. The van der Waals surface area contributed by atoms with E-state index in [0.717, 1.165) is 65.6 Å². The molecular weight excluding hydrogens is 448 g/mol. The third-order valence-electron chi connectivity index (χ3n) is 6.34. The fraction of sp³-hybridized carbons (Fsp3) is 0.577. The number of nitrogens with zero attached hydrogens (tertiary/aromatic N) is 3. The van der Waals surface area contributed by atoms with Crippen LogP contribution in [0.2, 0.25) is 0 Å². The molecule has 0 spiro atoms. The van der Waals surface area contributed by atoms with Crippen LogP contribution in [0.4, 0.5) is 5.95 Å². The summed E-state index contributed by atoms with van der Waals surface area (Å²) in [5.74, 6) is 3.27. The quantitative estimate of drug-likeness (QED) is 0.285. The summed E-state index contributed by atoms with van der Waals surface area (Å²) in [5, 5.41) is 8.96. The largest absolute Gasteiger partial charge is 0.493 e. The van der Waals surface area contributed by atoms with E-state index in [0.29, 0.717) is 24.7 Å². The molecule has 4 rings (SSSR count). The number of Topliss-reactive ketones (excluding diaryl/α,β-unsaturated/α-hetero) is 1. The van der Waals surface area contributed by atoms with Crippen LogP contribution < -0.4 is 14.8 Å². The van der Waals surface area contributed by atoms with Crippen molar-refractivity contribution in [1.82, 2.24) is 14.8 Å². The summed E-state index contributed by atoms with van der Waals surface area (Å²) in [7, 11) is 1.66. The molecule has 0 amide bonds. The topological polar surface area (TPSA) is 78.3 Å². The Morgan fingerprint density at radius 2 is 1.97 bits per heavy atom. The Morgan fingerprint density at radius 1 is 1.12 bits per heavy atom. The molecule has 0 bridgehead atoms. The summed E-state index contributed by atoms with van der Waals surface area (Å²) in [4.78, 5) is 17.8. The molecule has 1 aromatic carbocycles. The molecule has 2 heterocycles. The average molecular weight is 485 g/mol. The van der Waals surface area contributed by atoms with Crippen molar-refractivity contribution < 1.29 is 14.3 Å². The molecule has 1 aromatic heterocycles. The van der Waals surface area contributed by atoms with Gasteiger partial charge in [0.25, 0.3) is 0 Å². The van der Waals surface area contributed by atoms with Crippen molar-refractivity contribution >= 4 is 23.5 Å². The zero-order chi connectivity index (χ0) is 23.9. The van der Waals surface area contributed by atoms with Crippen LogP contribution in [-0.4, -0.2) is 40.0 Å². The first kappa shape index (κ1) is 24.6. The van der Waals surface area contributed by atoms with Crippen LogP contribution in [0.25, 0.3) is 0 Å². The van der Waals surface area contributed by atoms with Crippen LogP contribution in [0, 0.1) is 0 Å². The average Bonchev–Trinajstić information content (AvgIpc) is 3.25. The molecule has 2 aromatic rings. The molecule has 0 saturated carbocycles. The Balaban J connectivity index is 1.64. The van der Waals surface area contributed by atoms with Gasteiger partial charge < -0.3 is 14.8 Å². The van der Waals surface area contributed by atoms with E-state index in [4.69, 9.17) is 19.6 Å². The Hall–Kier alpha value is -2.48. The van der Waals surface area contributed by atoms with Crippen molar-refractivity contribution in [3.05, 3.63) is 35.0 Å². The van der Waals surface area contributed by atoms with Gasteiger partial charge in [-0.1, -0.05) is 57.4 Å². The molecule has 0 saturated heterocycles. The minimum absolute atomic E-state index is 0.176. The maximum absolute atomic E-state index is 13.1. The lowest BCUT2D eigenvalue weighted by molar-refractivity contribution is -0.116. The summed E-state index contributed by atoms with van der Waals surface area (Å²) in [6.45, 7) is 5.05. The van der Waals surface area contributed by atoms with E-state index in [2.05, 4.69) is 19.2 Å². The lowest BCUT2D eigenvalue weighted by Crippen LogP contribution is -2.31. The Kier molecular flexibility index (Phi) is 8.53. The van der Waals surface area contributed by atoms with Crippen LogP contribution in [0.15, 0.2) is 34.6 Å². The predicted octanol–water partition coefficient (Wildman–Crippen LogP) is 6.16. The summed E-state index contributed by atoms with van der Waals surface area (Å²) in [6.07, 6.45) is 9.14. The molecule has 2 aliphatic rings. The van der Waals surface area contributed by atoms with Gasteiger partial charge >= 0.3 is 0 Å². The number of ether oxygens (including phenoxy) is 2. The number of aromatic nitrogens is 3. The third-order valence-corrected chi connectivity index (χ3v) is 7.26. The van der Waals surface area contributed by atoms with Crippen LogP contribution in [0.5, 0.6) is 11.5 Å². The van der Waals surface area contributed by atoms with Gasteiger partial charge in [0, 0.05) is 23.4 Å². The minimum atomic E-state index is -0.320. The van der Waals surface area contributed by atoms with Gasteiger partial charge in [0.1, 0.15) is 6.04 Å². The van der Waals surface area contributed by atoms with Gasteiger partial charge in [0.05, 0.1) is 13.7 Å². The normalized spacial score (nSPS) is 17.3. The van der Waals surface area contributed by atoms with Gasteiger partial charge in [-0.05, 0) is 43.4 Å². The molecular formula is C26H36N4O3S. The first-order chi connectivity index (χ1) is 16.7. The fourth-order valence-corrected chi connectivity index (χ4v) is 5.41. The van der Waals surface area contributed by atoms with Gasteiger partial charge in [0.2, 0.25) is 11.1 Å². The van der Waals surface area contributed by atoms with E-state index < -0.39 is 0 Å². The van der Waals surface area contributed by atoms with Gasteiger partial charge in [-0.25, -0.2) is 4.68 Å². The summed E-state index contributed by atoms with van der Waals surface area (Å²) in [5.41, 5.74) is 2.72. The molecule has 1 unspecified atom stereocenters. The first-order valence-electron chi connectivity index (χ1n) is 12.6. The molecule has 34 heavy (non-hydrogen) atoms. The highest BCUT2D eigenvalue weighted by molar-refractivity contribution is 7.99. The van der Waals surface area contributed by atoms with E-state index in [-0.39, 0.29) is 11.8 Å². The standard InChI is InChI=1S/C26H36N4O3S/c1-4-6-8-9-15-33-21-14-13-18(17-22(21)32-3)24-23-19(11-10-12-20(23)31)27-25-28-26(29-30(24)25)34-16-7-5-2/h13-14,17,24H,4-12,15-16H2,1-3H3,(H,27,28,29). The number of hydrogen-bond donors (Lipinski definition) is 1. The van der Waals surface area contributed by atoms with Crippen LogP contribution in [0.3, 0.4) is 0 Å². The maximum atomic E-state index is 13.1. The molecule has 0 fully saturated rings. The number of nitrogens with one attached hydrogen (secondary N) is 1. The fourth-order valence-electron chi connectivity index (χ4n) is 4.50. The Morgan fingerprint density at radius 3 is 2.76 bits per heavy atom. The SMILES string of the molecule is CCCCCCOc1ccc(C2C3=C(CCCC3=O)Nc3nc(SCCCC)nn32)cc1OC. The molecule has 1 N–H and O–H groups in total. The number of carbonyl (C=O) groups is 1. The third kappa shape index (κ3) is 5.43. The number of methoxy groups -OCH3 is 1. The van der Waals surface area contributed by atoms with E-state index in [1.807, 2.05) is 22.9 Å². The van der Waals surface area contributed by atoms with E-state index in [1.54, 1.807) is 18.9 Å². The number of thioether (sulfide) groups is 1. The number of allylic oxidation sites excluding steroid dienone is 2. The maximum Gasteiger partial charge on any atom is 0.227 e. The summed E-state index contributed by atoms with van der Waals surface area (Å²) >= 11 is 1.66. The Labute approximate surface area is 206 Å².